The van der Waals surface area contributed by atoms with Gasteiger partial charge in [-0.15, -0.1) is 0 Å². The van der Waals surface area contributed by atoms with Crippen LogP contribution in [0.1, 0.15) is 5.56 Å². The molecule has 8 nitrogen and oxygen atoms in total. The number of nitrogens with two attached hydrogens (primary N) is 1. The molecule has 0 fully saturated rings. The molecule has 3 rings (SSSR count). The van der Waals surface area contributed by atoms with E-state index in [4.69, 9.17) is 11.1 Å². The molecule has 8 heteroatoms. The molecule has 0 bridgehead atoms. The van der Waals surface area contributed by atoms with Gasteiger partial charge in [0, 0.05) is 12.7 Å². The fourth-order valence-electron chi connectivity index (χ4n) is 2.05. The van der Waals surface area contributed by atoms with Crippen molar-refractivity contribution in [1.29, 1.82) is 5.26 Å². The first-order chi connectivity index (χ1) is 10.2. The number of H-pyrrole nitrogens is 1. The Morgan fingerprint density at radius 3 is 3.00 bits per heavy atom. The van der Waals surface area contributed by atoms with Gasteiger partial charge in [-0.1, -0.05) is 6.07 Å². The highest BCUT2D eigenvalue weighted by molar-refractivity contribution is 5.89. The van der Waals surface area contributed by atoms with E-state index in [1.165, 1.54) is 0 Å². The van der Waals surface area contributed by atoms with Crippen LogP contribution in [-0.4, -0.2) is 27.2 Å². The molecule has 0 atom stereocenters. The van der Waals surface area contributed by atoms with Crippen LogP contribution in [0.25, 0.3) is 11.0 Å². The largest absolute Gasteiger partial charge is 0.329 e. The summed E-state index contributed by atoms with van der Waals surface area (Å²) in [6.45, 7) is 0. The summed E-state index contributed by atoms with van der Waals surface area (Å²) in [5.41, 5.74) is 4.42. The molecule has 2 heterocycles. The summed E-state index contributed by atoms with van der Waals surface area (Å²) in [7, 11) is 1.85. The number of aromatic amines is 1. The summed E-state index contributed by atoms with van der Waals surface area (Å²) in [6.07, 6.45) is 1.65. The highest BCUT2D eigenvalue weighted by atomic mass is 15.3. The van der Waals surface area contributed by atoms with Crippen molar-refractivity contribution in [1.82, 2.24) is 20.2 Å². The van der Waals surface area contributed by atoms with Crippen molar-refractivity contribution in [3.05, 3.63) is 36.0 Å². The third-order valence-corrected chi connectivity index (χ3v) is 3.10. The average Bonchev–Trinajstić information content (AvgIpc) is 3.01. The molecular formula is C13H12N8. The van der Waals surface area contributed by atoms with E-state index in [1.54, 1.807) is 18.3 Å². The van der Waals surface area contributed by atoms with Gasteiger partial charge in [0.15, 0.2) is 5.65 Å². The van der Waals surface area contributed by atoms with Crippen molar-refractivity contribution in [2.75, 3.05) is 17.4 Å². The van der Waals surface area contributed by atoms with E-state index >= 15 is 0 Å². The van der Waals surface area contributed by atoms with E-state index in [-0.39, 0.29) is 5.95 Å². The van der Waals surface area contributed by atoms with Gasteiger partial charge in [0.25, 0.3) is 0 Å². The molecule has 104 valence electrons. The van der Waals surface area contributed by atoms with Crippen LogP contribution in [0.4, 0.5) is 17.5 Å². The topological polar surface area (TPSA) is 120 Å². The van der Waals surface area contributed by atoms with Crippen molar-refractivity contribution < 1.29 is 0 Å². The lowest BCUT2D eigenvalue weighted by molar-refractivity contribution is 1.06. The molecule has 0 aliphatic heterocycles. The van der Waals surface area contributed by atoms with Crippen molar-refractivity contribution in [3.8, 4) is 6.07 Å². The third kappa shape index (κ3) is 2.22. The quantitative estimate of drug-likeness (QED) is 0.488. The predicted octanol–water partition coefficient (Wildman–Crippen LogP) is 1.28. The first-order valence-corrected chi connectivity index (χ1v) is 6.14. The van der Waals surface area contributed by atoms with Gasteiger partial charge in [0.2, 0.25) is 5.95 Å². The van der Waals surface area contributed by atoms with Crippen LogP contribution in [0.3, 0.4) is 0 Å². The number of fused-ring (bicyclic) bond motifs is 1. The lowest BCUT2D eigenvalue weighted by Crippen LogP contribution is -2.16. The first-order valence-electron chi connectivity index (χ1n) is 6.14. The number of hydrazine groups is 1. The van der Waals surface area contributed by atoms with Gasteiger partial charge in [0.1, 0.15) is 5.82 Å². The lowest BCUT2D eigenvalue weighted by Gasteiger charge is -2.19. The molecule has 4 N–H and O–H groups in total. The highest BCUT2D eigenvalue weighted by Gasteiger charge is 2.14. The number of rotatable bonds is 3. The Hall–Kier alpha value is -3.18. The fourth-order valence-corrected chi connectivity index (χ4v) is 2.05. The molecule has 0 saturated heterocycles. The number of nitrogen functional groups attached to an aromatic ring is 1. The number of hydrogen-bond donors (Lipinski definition) is 3. The van der Waals surface area contributed by atoms with Crippen molar-refractivity contribution in [2.45, 2.75) is 0 Å². The summed E-state index contributed by atoms with van der Waals surface area (Å²) in [4.78, 5) is 10.4. The minimum Gasteiger partial charge on any atom is -0.329 e. The standard InChI is InChI=1S/C13H12N8/c1-21(9-4-2-3-8(5-9)6-14)12-10-7-16-20-11(10)17-13(18-12)19-15/h2-5,7H,15H2,1H3,(H2,16,17,18,19,20). The summed E-state index contributed by atoms with van der Waals surface area (Å²) in [6, 6.07) is 9.36. The highest BCUT2D eigenvalue weighted by Crippen LogP contribution is 2.28. The number of hydrogen-bond acceptors (Lipinski definition) is 7. The van der Waals surface area contributed by atoms with Crippen LogP contribution in [-0.2, 0) is 0 Å². The van der Waals surface area contributed by atoms with Gasteiger partial charge in [-0.2, -0.15) is 20.3 Å². The molecule has 21 heavy (non-hydrogen) atoms. The number of benzene rings is 1. The van der Waals surface area contributed by atoms with Crippen LogP contribution in [0.15, 0.2) is 30.5 Å². The molecule has 0 unspecified atom stereocenters. The molecular weight excluding hydrogens is 268 g/mol. The fraction of sp³-hybridized carbons (Fsp3) is 0.0769. The zero-order valence-corrected chi connectivity index (χ0v) is 11.2. The Labute approximate surface area is 120 Å². The first kappa shape index (κ1) is 12.8. The molecule has 3 aromatic rings. The lowest BCUT2D eigenvalue weighted by atomic mass is 10.2. The van der Waals surface area contributed by atoms with E-state index in [1.807, 2.05) is 24.1 Å². The Morgan fingerprint density at radius 1 is 1.38 bits per heavy atom. The number of aromatic nitrogens is 4. The van der Waals surface area contributed by atoms with Crippen LogP contribution >= 0.6 is 0 Å². The Kier molecular flexibility index (Phi) is 3.10. The van der Waals surface area contributed by atoms with Crippen LogP contribution in [0.5, 0.6) is 0 Å². The SMILES string of the molecule is CN(c1cccc(C#N)c1)c1nc(NN)nc2[nH]ncc12. The van der Waals surface area contributed by atoms with E-state index in [9.17, 15) is 0 Å². The summed E-state index contributed by atoms with van der Waals surface area (Å²) < 4.78 is 0. The van der Waals surface area contributed by atoms with Gasteiger partial charge < -0.3 is 4.90 Å². The van der Waals surface area contributed by atoms with Crippen LogP contribution in [0.2, 0.25) is 0 Å². The predicted molar refractivity (Wildman–Crippen MR) is 78.7 cm³/mol. The monoisotopic (exact) mass is 280 g/mol. The van der Waals surface area contributed by atoms with E-state index < -0.39 is 0 Å². The van der Waals surface area contributed by atoms with Crippen molar-refractivity contribution >= 4 is 28.5 Å². The van der Waals surface area contributed by atoms with E-state index in [0.717, 1.165) is 11.1 Å². The summed E-state index contributed by atoms with van der Waals surface area (Å²) >= 11 is 0. The molecule has 0 saturated carbocycles. The molecule has 0 aliphatic rings. The molecule has 0 spiro atoms. The maximum Gasteiger partial charge on any atom is 0.241 e. The second-order valence-corrected chi connectivity index (χ2v) is 4.37. The van der Waals surface area contributed by atoms with Crippen molar-refractivity contribution in [2.24, 2.45) is 5.84 Å². The Balaban J connectivity index is 2.14. The summed E-state index contributed by atoms with van der Waals surface area (Å²) in [5.74, 6) is 6.31. The molecule has 0 aliphatic carbocycles. The number of nitrogens with one attached hydrogen (secondary N) is 2. The normalized spacial score (nSPS) is 10.3. The maximum absolute atomic E-state index is 9.00. The second kappa shape index (κ2) is 5.07. The van der Waals surface area contributed by atoms with Crippen LogP contribution in [0, 0.1) is 11.3 Å². The Morgan fingerprint density at radius 2 is 2.24 bits per heavy atom. The van der Waals surface area contributed by atoms with Gasteiger partial charge in [-0.25, -0.2) is 5.84 Å². The summed E-state index contributed by atoms with van der Waals surface area (Å²) in [5, 5.41) is 16.5. The van der Waals surface area contributed by atoms with E-state index in [2.05, 4.69) is 31.7 Å². The Bertz CT molecular complexity index is 832. The average molecular weight is 280 g/mol. The van der Waals surface area contributed by atoms with Gasteiger partial charge in [-0.05, 0) is 18.2 Å². The molecule has 0 radical (unpaired) electrons. The maximum atomic E-state index is 9.00. The van der Waals surface area contributed by atoms with E-state index in [0.29, 0.717) is 17.0 Å². The zero-order valence-electron chi connectivity index (χ0n) is 11.2. The van der Waals surface area contributed by atoms with Gasteiger partial charge in [-0.3, -0.25) is 10.5 Å². The molecule has 1 aromatic carbocycles. The van der Waals surface area contributed by atoms with Gasteiger partial charge in [0.05, 0.1) is 23.2 Å². The van der Waals surface area contributed by atoms with Gasteiger partial charge >= 0.3 is 0 Å². The smallest absolute Gasteiger partial charge is 0.241 e. The zero-order chi connectivity index (χ0) is 14.8. The van der Waals surface area contributed by atoms with Crippen molar-refractivity contribution in [3.63, 3.8) is 0 Å². The van der Waals surface area contributed by atoms with Crippen LogP contribution < -0.4 is 16.2 Å². The third-order valence-electron chi connectivity index (χ3n) is 3.10. The minimum atomic E-state index is 0.282. The second-order valence-electron chi connectivity index (χ2n) is 4.37. The molecule has 0 amide bonds. The molecule has 2 aromatic heterocycles. The number of anilines is 3. The minimum absolute atomic E-state index is 0.282. The number of nitriles is 1. The number of nitrogens with zero attached hydrogens (tertiary/aromatic N) is 5.